The van der Waals surface area contributed by atoms with Gasteiger partial charge in [-0.2, -0.15) is 0 Å². The Kier molecular flexibility index (Phi) is 9.39. The zero-order valence-electron chi connectivity index (χ0n) is 18.5. The second kappa shape index (κ2) is 12.7. The molecule has 2 heterocycles. The third kappa shape index (κ3) is 7.94. The Hall–Kier alpha value is -3.69. The highest BCUT2D eigenvalue weighted by Crippen LogP contribution is 2.24. The molecule has 0 aliphatic carbocycles. The van der Waals surface area contributed by atoms with Crippen molar-refractivity contribution in [3.8, 4) is 0 Å². The second-order valence-corrected chi connectivity index (χ2v) is 8.31. The van der Waals surface area contributed by atoms with Gasteiger partial charge < -0.3 is 21.1 Å². The molecule has 0 saturated heterocycles. The largest absolute Gasteiger partial charge is 0.480 e. The lowest BCUT2D eigenvalue weighted by Crippen LogP contribution is -2.42. The molecule has 182 valence electrons. The summed E-state index contributed by atoms with van der Waals surface area (Å²) in [5.41, 5.74) is 0.902. The smallest absolute Gasteiger partial charge is 0.326 e. The lowest BCUT2D eigenvalue weighted by molar-refractivity contribution is -0.139. The van der Waals surface area contributed by atoms with Crippen LogP contribution in [0.4, 0.5) is 11.5 Å². The Bertz CT molecular complexity index is 1160. The fourth-order valence-corrected chi connectivity index (χ4v) is 3.70. The first-order valence-corrected chi connectivity index (χ1v) is 11.5. The van der Waals surface area contributed by atoms with Gasteiger partial charge >= 0.3 is 5.97 Å². The molecule has 0 bridgehead atoms. The fourth-order valence-electron chi connectivity index (χ4n) is 3.13. The van der Waals surface area contributed by atoms with Crippen LogP contribution < -0.4 is 16.0 Å². The van der Waals surface area contributed by atoms with Gasteiger partial charge in [0.05, 0.1) is 27.5 Å². The number of carbonyl (C=O) groups excluding carboxylic acids is 2. The third-order valence-corrected chi connectivity index (χ3v) is 5.50. The SMILES string of the molecule is O=C(CCCNc1ccccn1)Nc1ccc(C[C@H](NC(=O)c2c(Cl)cccc2Cl)C(=O)O)nc1. The summed E-state index contributed by atoms with van der Waals surface area (Å²) >= 11 is 12.1. The first kappa shape index (κ1) is 25.9. The Morgan fingerprint density at radius 2 is 1.74 bits per heavy atom. The Morgan fingerprint density at radius 3 is 2.37 bits per heavy atom. The van der Waals surface area contributed by atoms with E-state index in [1.54, 1.807) is 24.4 Å². The molecule has 0 saturated carbocycles. The summed E-state index contributed by atoms with van der Waals surface area (Å²) in [4.78, 5) is 44.7. The first-order chi connectivity index (χ1) is 16.8. The molecule has 3 rings (SSSR count). The van der Waals surface area contributed by atoms with Gasteiger partial charge in [-0.15, -0.1) is 0 Å². The van der Waals surface area contributed by atoms with Crippen LogP contribution in [0.3, 0.4) is 0 Å². The first-order valence-electron chi connectivity index (χ1n) is 10.7. The fraction of sp³-hybridized carbons (Fsp3) is 0.208. The topological polar surface area (TPSA) is 133 Å². The van der Waals surface area contributed by atoms with Crippen molar-refractivity contribution in [3.63, 3.8) is 0 Å². The van der Waals surface area contributed by atoms with Crippen LogP contribution in [0.25, 0.3) is 0 Å². The third-order valence-electron chi connectivity index (χ3n) is 4.87. The minimum atomic E-state index is -1.26. The van der Waals surface area contributed by atoms with E-state index in [4.69, 9.17) is 23.2 Å². The maximum Gasteiger partial charge on any atom is 0.326 e. The average molecular weight is 516 g/mol. The molecule has 1 atom stereocenters. The molecule has 1 aromatic carbocycles. The molecule has 0 unspecified atom stereocenters. The number of aromatic nitrogens is 2. The van der Waals surface area contributed by atoms with Crippen molar-refractivity contribution in [1.29, 1.82) is 0 Å². The Morgan fingerprint density at radius 1 is 0.971 bits per heavy atom. The molecule has 0 aliphatic rings. The Balaban J connectivity index is 1.49. The van der Waals surface area contributed by atoms with Crippen molar-refractivity contribution >= 4 is 52.5 Å². The van der Waals surface area contributed by atoms with Gasteiger partial charge in [-0.1, -0.05) is 35.3 Å². The molecule has 2 aromatic heterocycles. The highest BCUT2D eigenvalue weighted by molar-refractivity contribution is 6.39. The summed E-state index contributed by atoms with van der Waals surface area (Å²) in [6.45, 7) is 0.601. The number of amides is 2. The van der Waals surface area contributed by atoms with Gasteiger partial charge in [0.2, 0.25) is 5.91 Å². The highest BCUT2D eigenvalue weighted by Gasteiger charge is 2.24. The summed E-state index contributed by atoms with van der Waals surface area (Å²) < 4.78 is 0. The molecule has 4 N–H and O–H groups in total. The summed E-state index contributed by atoms with van der Waals surface area (Å²) in [5, 5.41) is 18.1. The van der Waals surface area contributed by atoms with E-state index in [0.29, 0.717) is 30.8 Å². The number of carboxylic acids is 1. The zero-order chi connectivity index (χ0) is 25.2. The number of halogens is 2. The number of benzene rings is 1. The monoisotopic (exact) mass is 515 g/mol. The maximum atomic E-state index is 12.5. The van der Waals surface area contributed by atoms with Crippen LogP contribution in [0, 0.1) is 0 Å². The van der Waals surface area contributed by atoms with E-state index in [1.807, 2.05) is 18.2 Å². The van der Waals surface area contributed by atoms with Gasteiger partial charge in [0.25, 0.3) is 5.91 Å². The van der Waals surface area contributed by atoms with Gasteiger partial charge in [0, 0.05) is 31.3 Å². The number of carbonyl (C=O) groups is 3. The average Bonchev–Trinajstić information content (AvgIpc) is 2.83. The van der Waals surface area contributed by atoms with E-state index in [2.05, 4.69) is 25.9 Å². The molecule has 11 heteroatoms. The summed E-state index contributed by atoms with van der Waals surface area (Å²) in [7, 11) is 0. The number of carboxylic acid groups (broad SMARTS) is 1. The Labute approximate surface area is 211 Å². The number of aliphatic carboxylic acids is 1. The van der Waals surface area contributed by atoms with Gasteiger partial charge in [-0.05, 0) is 42.8 Å². The van der Waals surface area contributed by atoms with Crippen LogP contribution in [0.15, 0.2) is 60.9 Å². The van der Waals surface area contributed by atoms with E-state index in [1.165, 1.54) is 18.3 Å². The number of hydrogen-bond donors (Lipinski definition) is 4. The normalized spacial score (nSPS) is 11.4. The van der Waals surface area contributed by atoms with Crippen LogP contribution in [-0.4, -0.2) is 45.4 Å². The van der Waals surface area contributed by atoms with Crippen LogP contribution in [0.5, 0.6) is 0 Å². The van der Waals surface area contributed by atoms with Crippen molar-refractivity contribution in [3.05, 3.63) is 82.2 Å². The van der Waals surface area contributed by atoms with E-state index < -0.39 is 17.9 Å². The zero-order valence-corrected chi connectivity index (χ0v) is 20.0. The summed E-state index contributed by atoms with van der Waals surface area (Å²) in [6.07, 6.45) is 3.97. The maximum absolute atomic E-state index is 12.5. The van der Waals surface area contributed by atoms with E-state index >= 15 is 0 Å². The molecule has 35 heavy (non-hydrogen) atoms. The number of nitrogens with zero attached hydrogens (tertiary/aromatic N) is 2. The quantitative estimate of drug-likeness (QED) is 0.283. The molecule has 9 nitrogen and oxygen atoms in total. The molecule has 0 radical (unpaired) electrons. The molecular formula is C24H23Cl2N5O4. The number of rotatable bonds is 11. The van der Waals surface area contributed by atoms with E-state index in [0.717, 1.165) is 5.82 Å². The highest BCUT2D eigenvalue weighted by atomic mass is 35.5. The number of hydrogen-bond acceptors (Lipinski definition) is 6. The lowest BCUT2D eigenvalue weighted by atomic mass is 10.1. The van der Waals surface area contributed by atoms with Crippen LogP contribution in [-0.2, 0) is 16.0 Å². The summed E-state index contributed by atoms with van der Waals surface area (Å²) in [5.74, 6) is -1.36. The number of pyridine rings is 2. The number of anilines is 2. The molecule has 3 aromatic rings. The lowest BCUT2D eigenvalue weighted by Gasteiger charge is -2.15. The predicted molar refractivity (Wildman–Crippen MR) is 134 cm³/mol. The van der Waals surface area contributed by atoms with Crippen LogP contribution >= 0.6 is 23.2 Å². The molecule has 0 spiro atoms. The molecule has 2 amide bonds. The minimum absolute atomic E-state index is 0.00309. The van der Waals surface area contributed by atoms with Crippen molar-refractivity contribution in [2.24, 2.45) is 0 Å². The van der Waals surface area contributed by atoms with Crippen LogP contribution in [0.2, 0.25) is 10.0 Å². The van der Waals surface area contributed by atoms with Crippen molar-refractivity contribution in [2.45, 2.75) is 25.3 Å². The molecular weight excluding hydrogens is 493 g/mol. The predicted octanol–water partition coefficient (Wildman–Crippen LogP) is 4.04. The van der Waals surface area contributed by atoms with Crippen molar-refractivity contribution in [2.75, 3.05) is 17.2 Å². The summed E-state index contributed by atoms with van der Waals surface area (Å²) in [6, 6.07) is 12.1. The van der Waals surface area contributed by atoms with Crippen molar-refractivity contribution < 1.29 is 19.5 Å². The van der Waals surface area contributed by atoms with Crippen molar-refractivity contribution in [1.82, 2.24) is 15.3 Å². The van der Waals surface area contributed by atoms with Gasteiger partial charge in [0.1, 0.15) is 11.9 Å². The molecule has 0 fully saturated rings. The standard InChI is InChI=1S/C24H23Cl2N5O4/c25-17-5-3-6-18(26)22(17)23(33)31-19(24(34)35)13-15-9-10-16(14-29-15)30-21(32)8-4-12-28-20-7-1-2-11-27-20/h1-3,5-7,9-11,14,19H,4,8,12-13H2,(H,27,28)(H,30,32)(H,31,33)(H,34,35)/t19-/m0/s1. The van der Waals surface area contributed by atoms with E-state index in [9.17, 15) is 19.5 Å². The minimum Gasteiger partial charge on any atom is -0.480 e. The van der Waals surface area contributed by atoms with E-state index in [-0.39, 0.29) is 27.9 Å². The van der Waals surface area contributed by atoms with Gasteiger partial charge in [-0.25, -0.2) is 9.78 Å². The number of nitrogens with one attached hydrogen (secondary N) is 3. The van der Waals surface area contributed by atoms with Crippen LogP contribution in [0.1, 0.15) is 28.9 Å². The molecule has 0 aliphatic heterocycles. The second-order valence-electron chi connectivity index (χ2n) is 7.50. The van der Waals surface area contributed by atoms with Gasteiger partial charge in [-0.3, -0.25) is 14.6 Å². The van der Waals surface area contributed by atoms with Gasteiger partial charge in [0.15, 0.2) is 0 Å².